The molecule has 0 saturated heterocycles. The molecule has 1 atom stereocenters. The Bertz CT molecular complexity index is 862. The van der Waals surface area contributed by atoms with Gasteiger partial charge in [-0.05, 0) is 29.8 Å². The van der Waals surface area contributed by atoms with Crippen molar-refractivity contribution in [1.29, 1.82) is 0 Å². The first kappa shape index (κ1) is 21.5. The second-order valence-electron chi connectivity index (χ2n) is 4.89. The van der Waals surface area contributed by atoms with Gasteiger partial charge in [-0.2, -0.15) is 0 Å². The molecule has 136 valence electrons. The van der Waals surface area contributed by atoms with Gasteiger partial charge in [0, 0.05) is 23.1 Å². The summed E-state index contributed by atoms with van der Waals surface area (Å²) >= 11 is 3.12. The second-order valence-corrected chi connectivity index (χ2v) is 7.54. The van der Waals surface area contributed by atoms with E-state index < -0.39 is 37.4 Å². The predicted molar refractivity (Wildman–Crippen MR) is 96.6 cm³/mol. The van der Waals surface area contributed by atoms with Crippen LogP contribution in [0.4, 0.5) is 10.1 Å². The highest BCUT2D eigenvalue weighted by atomic mass is 79.9. The SMILES string of the molecule is Cl.N[C@H](CNS(=O)(=O)c1ccccc1[N+](=O)[O-])c1cc(F)cc(Br)c1. The number of sulfonamides is 1. The normalized spacial score (nSPS) is 12.3. The smallest absolute Gasteiger partial charge is 0.289 e. The van der Waals surface area contributed by atoms with E-state index >= 15 is 0 Å². The largest absolute Gasteiger partial charge is 0.323 e. The quantitative estimate of drug-likeness (QED) is 0.514. The molecular formula is C14H14BrClFN3O4S. The van der Waals surface area contributed by atoms with E-state index in [2.05, 4.69) is 20.7 Å². The fraction of sp³-hybridized carbons (Fsp3) is 0.143. The van der Waals surface area contributed by atoms with Crippen LogP contribution in [-0.4, -0.2) is 19.9 Å². The number of hydrogen-bond acceptors (Lipinski definition) is 5. The molecule has 0 amide bonds. The van der Waals surface area contributed by atoms with Gasteiger partial charge >= 0.3 is 0 Å². The minimum Gasteiger partial charge on any atom is -0.323 e. The molecule has 2 rings (SSSR count). The zero-order valence-electron chi connectivity index (χ0n) is 12.6. The molecule has 2 aromatic carbocycles. The highest BCUT2D eigenvalue weighted by Crippen LogP contribution is 2.23. The maximum absolute atomic E-state index is 13.4. The predicted octanol–water partition coefficient (Wildman–Crippen LogP) is 2.90. The molecule has 0 aliphatic heterocycles. The van der Waals surface area contributed by atoms with Crippen LogP contribution in [0.2, 0.25) is 0 Å². The summed E-state index contributed by atoms with van der Waals surface area (Å²) in [5.74, 6) is -0.517. The van der Waals surface area contributed by atoms with Crippen LogP contribution in [0.15, 0.2) is 51.8 Å². The van der Waals surface area contributed by atoms with Crippen molar-refractivity contribution in [2.45, 2.75) is 10.9 Å². The molecule has 2 aromatic rings. The summed E-state index contributed by atoms with van der Waals surface area (Å²) in [4.78, 5) is 9.71. The fourth-order valence-electron chi connectivity index (χ4n) is 2.02. The maximum atomic E-state index is 13.4. The number of nitrogens with one attached hydrogen (secondary N) is 1. The van der Waals surface area contributed by atoms with Crippen molar-refractivity contribution in [1.82, 2.24) is 4.72 Å². The van der Waals surface area contributed by atoms with Crippen molar-refractivity contribution in [2.24, 2.45) is 5.73 Å². The average molecular weight is 455 g/mol. The zero-order chi connectivity index (χ0) is 17.9. The van der Waals surface area contributed by atoms with Crippen LogP contribution >= 0.6 is 28.3 Å². The molecule has 0 spiro atoms. The Morgan fingerprint density at radius 2 is 1.92 bits per heavy atom. The third-order valence-electron chi connectivity index (χ3n) is 3.16. The van der Waals surface area contributed by atoms with E-state index in [9.17, 15) is 22.9 Å². The van der Waals surface area contributed by atoms with Gasteiger partial charge in [-0.25, -0.2) is 17.5 Å². The Labute approximate surface area is 158 Å². The van der Waals surface area contributed by atoms with Crippen LogP contribution in [0.1, 0.15) is 11.6 Å². The van der Waals surface area contributed by atoms with E-state index in [0.29, 0.717) is 10.0 Å². The molecule has 7 nitrogen and oxygen atoms in total. The zero-order valence-corrected chi connectivity index (χ0v) is 15.8. The van der Waals surface area contributed by atoms with Crippen molar-refractivity contribution in [2.75, 3.05) is 6.54 Å². The number of nitrogens with zero attached hydrogens (tertiary/aromatic N) is 1. The number of para-hydroxylation sites is 1. The van der Waals surface area contributed by atoms with Gasteiger partial charge in [0.05, 0.1) is 4.92 Å². The molecule has 0 radical (unpaired) electrons. The van der Waals surface area contributed by atoms with Crippen LogP contribution in [0.3, 0.4) is 0 Å². The van der Waals surface area contributed by atoms with Gasteiger partial charge in [0.1, 0.15) is 5.82 Å². The van der Waals surface area contributed by atoms with Crippen LogP contribution in [0.25, 0.3) is 0 Å². The van der Waals surface area contributed by atoms with E-state index in [1.54, 1.807) is 6.07 Å². The van der Waals surface area contributed by atoms with Crippen molar-refractivity contribution in [3.63, 3.8) is 0 Å². The van der Waals surface area contributed by atoms with Crippen LogP contribution in [0.5, 0.6) is 0 Å². The topological polar surface area (TPSA) is 115 Å². The van der Waals surface area contributed by atoms with Crippen molar-refractivity contribution in [3.8, 4) is 0 Å². The first-order valence-electron chi connectivity index (χ1n) is 6.65. The number of halogens is 3. The van der Waals surface area contributed by atoms with Crippen molar-refractivity contribution >= 4 is 44.0 Å². The van der Waals surface area contributed by atoms with Gasteiger partial charge in [0.25, 0.3) is 5.69 Å². The van der Waals surface area contributed by atoms with Crippen molar-refractivity contribution in [3.05, 3.63) is 68.4 Å². The molecule has 0 fully saturated rings. The van der Waals surface area contributed by atoms with Gasteiger partial charge < -0.3 is 5.73 Å². The molecule has 0 heterocycles. The first-order valence-corrected chi connectivity index (χ1v) is 8.93. The van der Waals surface area contributed by atoms with Gasteiger partial charge in [0.15, 0.2) is 4.90 Å². The third kappa shape index (κ3) is 5.44. The molecule has 11 heteroatoms. The molecular weight excluding hydrogens is 441 g/mol. The lowest BCUT2D eigenvalue weighted by atomic mass is 10.1. The Balaban J connectivity index is 0.00000312. The molecule has 3 N–H and O–H groups in total. The fourth-order valence-corrected chi connectivity index (χ4v) is 3.73. The van der Waals surface area contributed by atoms with Crippen molar-refractivity contribution < 1.29 is 17.7 Å². The molecule has 0 aromatic heterocycles. The number of nitro benzene ring substituents is 1. The summed E-state index contributed by atoms with van der Waals surface area (Å²) in [7, 11) is -4.14. The molecule has 0 bridgehead atoms. The molecule has 0 aliphatic rings. The van der Waals surface area contributed by atoms with E-state index in [1.165, 1.54) is 24.3 Å². The maximum Gasteiger partial charge on any atom is 0.289 e. The summed E-state index contributed by atoms with van der Waals surface area (Å²) in [6.45, 7) is -0.246. The standard InChI is InChI=1S/C14H13BrFN3O4S.ClH/c15-10-5-9(6-11(16)7-10)12(17)8-18-24(22,23)14-4-2-1-3-13(14)19(20)21;/h1-7,12,18H,8,17H2;1H/t12-;/m1./s1. The molecule has 0 aliphatic carbocycles. The number of benzene rings is 2. The van der Waals surface area contributed by atoms with Crippen LogP contribution in [0, 0.1) is 15.9 Å². The summed E-state index contributed by atoms with van der Waals surface area (Å²) < 4.78 is 40.6. The highest BCUT2D eigenvalue weighted by Gasteiger charge is 2.25. The van der Waals surface area contributed by atoms with Gasteiger partial charge in [-0.15, -0.1) is 12.4 Å². The number of nitrogens with two attached hydrogens (primary N) is 1. The van der Waals surface area contributed by atoms with Gasteiger partial charge in [0.2, 0.25) is 10.0 Å². The average Bonchev–Trinajstić information content (AvgIpc) is 2.51. The molecule has 0 saturated carbocycles. The lowest BCUT2D eigenvalue weighted by Crippen LogP contribution is -2.32. The Morgan fingerprint density at radius 1 is 1.28 bits per heavy atom. The summed E-state index contributed by atoms with van der Waals surface area (Å²) in [6, 6.07) is 8.14. The lowest BCUT2D eigenvalue weighted by Gasteiger charge is -2.14. The van der Waals surface area contributed by atoms with Gasteiger partial charge in [-0.1, -0.05) is 28.1 Å². The summed E-state index contributed by atoms with van der Waals surface area (Å²) in [5.41, 5.74) is 5.71. The minimum absolute atomic E-state index is 0. The van der Waals surface area contributed by atoms with Gasteiger partial charge in [-0.3, -0.25) is 10.1 Å². The van der Waals surface area contributed by atoms with Crippen LogP contribution in [-0.2, 0) is 10.0 Å². The van der Waals surface area contributed by atoms with E-state index in [4.69, 9.17) is 5.73 Å². The third-order valence-corrected chi connectivity index (χ3v) is 5.09. The Morgan fingerprint density at radius 3 is 2.52 bits per heavy atom. The number of nitro groups is 1. The number of rotatable bonds is 6. The van der Waals surface area contributed by atoms with E-state index in [1.807, 2.05) is 0 Å². The lowest BCUT2D eigenvalue weighted by molar-refractivity contribution is -0.387. The first-order chi connectivity index (χ1) is 11.2. The highest BCUT2D eigenvalue weighted by molar-refractivity contribution is 9.10. The molecule has 25 heavy (non-hydrogen) atoms. The Hall–Kier alpha value is -1.59. The molecule has 0 unspecified atom stereocenters. The second kappa shape index (κ2) is 8.68. The summed E-state index contributed by atoms with van der Waals surface area (Å²) in [6.07, 6.45) is 0. The Kier molecular flexibility index (Phi) is 7.44. The minimum atomic E-state index is -4.14. The van der Waals surface area contributed by atoms with E-state index in [-0.39, 0.29) is 19.0 Å². The van der Waals surface area contributed by atoms with E-state index in [0.717, 1.165) is 12.1 Å². The monoisotopic (exact) mass is 453 g/mol. The summed E-state index contributed by atoms with van der Waals surface area (Å²) in [5, 5.41) is 10.9. The number of hydrogen-bond donors (Lipinski definition) is 2. The van der Waals surface area contributed by atoms with Crippen LogP contribution < -0.4 is 10.5 Å².